The Morgan fingerprint density at radius 2 is 1.90 bits per heavy atom. The molecule has 0 bridgehead atoms. The Bertz CT molecular complexity index is 1160. The highest BCUT2D eigenvalue weighted by Crippen LogP contribution is 2.31. The molecular weight excluding hydrogens is 460 g/mol. The van der Waals surface area contributed by atoms with E-state index in [2.05, 4.69) is 52.2 Å². The number of Topliss-reactive ketones (excluding diaryl/α,β-unsaturated/α-hetero) is 1. The lowest BCUT2D eigenvalue weighted by molar-refractivity contribution is -0.114. The van der Waals surface area contributed by atoms with Crippen molar-refractivity contribution >= 4 is 33.3 Å². The van der Waals surface area contributed by atoms with E-state index in [9.17, 15) is 9.59 Å². The second-order valence-corrected chi connectivity index (χ2v) is 8.82. The van der Waals surface area contributed by atoms with Crippen molar-refractivity contribution in [1.82, 2.24) is 15.0 Å². The number of nitrogens with zero attached hydrogens (tertiary/aromatic N) is 4. The van der Waals surface area contributed by atoms with E-state index in [4.69, 9.17) is 4.74 Å². The van der Waals surface area contributed by atoms with E-state index in [1.165, 1.54) is 4.90 Å². The highest BCUT2D eigenvalue weighted by Gasteiger charge is 2.35. The van der Waals surface area contributed by atoms with Crippen LogP contribution >= 0.6 is 15.9 Å². The normalized spacial score (nSPS) is 13.3. The van der Waals surface area contributed by atoms with Crippen molar-refractivity contribution in [2.45, 2.75) is 39.8 Å². The highest BCUT2D eigenvalue weighted by atomic mass is 79.9. The number of rotatable bonds is 7. The van der Waals surface area contributed by atoms with Crippen LogP contribution in [0.25, 0.3) is 0 Å². The number of hydrogen-bond donors (Lipinski definition) is 0. The number of ether oxygens (including phenoxy) is 1. The number of fused-ring (bicyclic) bond motifs is 1. The summed E-state index contributed by atoms with van der Waals surface area (Å²) in [4.78, 5) is 26.1. The predicted molar refractivity (Wildman–Crippen MR) is 120 cm³/mol. The molecule has 1 aliphatic rings. The minimum atomic E-state index is -0.516. The summed E-state index contributed by atoms with van der Waals surface area (Å²) in [7, 11) is 0. The first-order valence-electron chi connectivity index (χ1n) is 10.1. The Morgan fingerprint density at radius 3 is 2.68 bits per heavy atom. The van der Waals surface area contributed by atoms with Gasteiger partial charge in [-0.15, -0.1) is 5.10 Å². The van der Waals surface area contributed by atoms with E-state index < -0.39 is 11.7 Å². The Balaban J connectivity index is 1.40. The van der Waals surface area contributed by atoms with Crippen LogP contribution < -0.4 is 9.64 Å². The zero-order valence-corrected chi connectivity index (χ0v) is 19.2. The minimum Gasteiger partial charge on any atom is -0.487 e. The summed E-state index contributed by atoms with van der Waals surface area (Å²) in [6.45, 7) is 7.36. The van der Waals surface area contributed by atoms with Crippen molar-refractivity contribution in [3.05, 3.63) is 69.5 Å². The third-order valence-electron chi connectivity index (χ3n) is 5.24. The number of amides is 1. The molecule has 160 valence electrons. The fourth-order valence-electron chi connectivity index (χ4n) is 3.61. The van der Waals surface area contributed by atoms with Gasteiger partial charge in [0.15, 0.2) is 0 Å². The molecule has 31 heavy (non-hydrogen) atoms. The number of aromatic nitrogens is 3. The van der Waals surface area contributed by atoms with Crippen molar-refractivity contribution in [1.29, 1.82) is 0 Å². The lowest BCUT2D eigenvalue weighted by atomic mass is 10.0. The average Bonchev–Trinajstić information content (AvgIpc) is 3.28. The van der Waals surface area contributed by atoms with Crippen LogP contribution in [-0.4, -0.2) is 33.2 Å². The molecule has 0 spiro atoms. The first-order chi connectivity index (χ1) is 14.8. The molecule has 0 saturated heterocycles. The van der Waals surface area contributed by atoms with Crippen LogP contribution in [0.1, 0.15) is 46.9 Å². The van der Waals surface area contributed by atoms with E-state index >= 15 is 0 Å². The largest absolute Gasteiger partial charge is 0.487 e. The second-order valence-electron chi connectivity index (χ2n) is 7.90. The molecule has 0 saturated carbocycles. The fraction of sp³-hybridized carbons (Fsp3) is 0.304. The van der Waals surface area contributed by atoms with Crippen LogP contribution in [0.3, 0.4) is 0 Å². The smallest absolute Gasteiger partial charge is 0.299 e. The first-order valence-corrected chi connectivity index (χ1v) is 10.9. The summed E-state index contributed by atoms with van der Waals surface area (Å²) in [6.07, 6.45) is 1.80. The molecular formula is C23H23BrN4O3. The first kappa shape index (κ1) is 21.2. The van der Waals surface area contributed by atoms with Crippen LogP contribution in [0.5, 0.6) is 5.75 Å². The minimum absolute atomic E-state index is 0.307. The Labute approximate surface area is 189 Å². The fourth-order valence-corrected chi connectivity index (χ4v) is 3.97. The van der Waals surface area contributed by atoms with E-state index in [-0.39, 0.29) is 0 Å². The number of anilines is 1. The molecule has 0 radical (unpaired) electrons. The summed E-state index contributed by atoms with van der Waals surface area (Å²) >= 11 is 3.34. The number of carbonyl (C=O) groups is 2. The van der Waals surface area contributed by atoms with Crippen molar-refractivity contribution in [2.75, 3.05) is 11.4 Å². The van der Waals surface area contributed by atoms with Gasteiger partial charge in [-0.2, -0.15) is 0 Å². The summed E-state index contributed by atoms with van der Waals surface area (Å²) in [5.41, 5.74) is 4.04. The Hall–Kier alpha value is -3.00. The SMILES string of the molecule is Cc1ccc(C(C)C)c(OCc2cn(CCN3C(=O)C(=O)c4cc(Br)ccc43)nn2)c1. The monoisotopic (exact) mass is 482 g/mol. The Kier molecular flexibility index (Phi) is 5.91. The van der Waals surface area contributed by atoms with Crippen LogP contribution in [0.4, 0.5) is 5.69 Å². The topological polar surface area (TPSA) is 77.3 Å². The van der Waals surface area contributed by atoms with Gasteiger partial charge < -0.3 is 9.64 Å². The number of ketones is 1. The molecule has 0 atom stereocenters. The van der Waals surface area contributed by atoms with Gasteiger partial charge in [-0.25, -0.2) is 0 Å². The van der Waals surface area contributed by atoms with E-state index in [1.54, 1.807) is 23.0 Å². The number of benzene rings is 2. The van der Waals surface area contributed by atoms with Gasteiger partial charge in [0.2, 0.25) is 0 Å². The molecule has 4 rings (SSSR count). The van der Waals surface area contributed by atoms with Crippen LogP contribution in [0.2, 0.25) is 0 Å². The summed E-state index contributed by atoms with van der Waals surface area (Å²) < 4.78 is 8.44. The standard InChI is InChI=1S/C23H23BrN4O3/c1-14(2)18-6-4-15(3)10-21(18)31-13-17-12-27(26-25-17)8-9-28-20-7-5-16(24)11-19(20)22(29)23(28)30/h4-7,10-12,14H,8-9,13H2,1-3H3. The molecule has 0 N–H and O–H groups in total. The predicted octanol–water partition coefficient (Wildman–Crippen LogP) is 4.28. The highest BCUT2D eigenvalue weighted by molar-refractivity contribution is 9.10. The average molecular weight is 483 g/mol. The third kappa shape index (κ3) is 4.39. The maximum Gasteiger partial charge on any atom is 0.299 e. The maximum atomic E-state index is 12.4. The summed E-state index contributed by atoms with van der Waals surface area (Å²) in [5, 5.41) is 8.31. The van der Waals surface area contributed by atoms with Crippen molar-refractivity contribution < 1.29 is 14.3 Å². The van der Waals surface area contributed by atoms with E-state index in [0.29, 0.717) is 42.6 Å². The number of hydrogen-bond acceptors (Lipinski definition) is 5. The molecule has 1 aromatic heterocycles. The number of aryl methyl sites for hydroxylation is 1. The zero-order chi connectivity index (χ0) is 22.1. The molecule has 0 unspecified atom stereocenters. The molecule has 0 aliphatic carbocycles. The quantitative estimate of drug-likeness (QED) is 0.469. The molecule has 2 aromatic carbocycles. The summed E-state index contributed by atoms with van der Waals surface area (Å²) in [5.74, 6) is 0.213. The summed E-state index contributed by atoms with van der Waals surface area (Å²) in [6, 6.07) is 11.5. The van der Waals surface area contributed by atoms with Crippen molar-refractivity contribution in [2.24, 2.45) is 0 Å². The molecule has 3 aromatic rings. The maximum absolute atomic E-state index is 12.4. The van der Waals surface area contributed by atoms with Crippen LogP contribution in [-0.2, 0) is 17.9 Å². The number of carbonyl (C=O) groups excluding carboxylic acids is 2. The van der Waals surface area contributed by atoms with Gasteiger partial charge in [0, 0.05) is 11.0 Å². The van der Waals surface area contributed by atoms with Gasteiger partial charge in [0.05, 0.1) is 24.0 Å². The van der Waals surface area contributed by atoms with E-state index in [1.807, 2.05) is 19.1 Å². The van der Waals surface area contributed by atoms with Crippen LogP contribution in [0.15, 0.2) is 47.1 Å². The van der Waals surface area contributed by atoms with Gasteiger partial charge >= 0.3 is 0 Å². The van der Waals surface area contributed by atoms with Crippen molar-refractivity contribution in [3.63, 3.8) is 0 Å². The van der Waals surface area contributed by atoms with Gasteiger partial charge in [-0.1, -0.05) is 47.1 Å². The third-order valence-corrected chi connectivity index (χ3v) is 5.73. The molecule has 1 amide bonds. The second kappa shape index (κ2) is 8.63. The Morgan fingerprint density at radius 1 is 1.10 bits per heavy atom. The molecule has 1 aliphatic heterocycles. The molecule has 8 heteroatoms. The van der Waals surface area contributed by atoms with Gasteiger partial charge in [0.25, 0.3) is 11.7 Å². The molecule has 7 nitrogen and oxygen atoms in total. The molecule has 0 fully saturated rings. The number of halogens is 1. The van der Waals surface area contributed by atoms with E-state index in [0.717, 1.165) is 21.3 Å². The molecule has 2 heterocycles. The lowest BCUT2D eigenvalue weighted by Crippen LogP contribution is -2.32. The van der Waals surface area contributed by atoms with Gasteiger partial charge in [0.1, 0.15) is 18.1 Å². The van der Waals surface area contributed by atoms with Gasteiger partial charge in [-0.3, -0.25) is 14.3 Å². The lowest BCUT2D eigenvalue weighted by Gasteiger charge is -2.16. The van der Waals surface area contributed by atoms with Crippen LogP contribution in [0, 0.1) is 6.92 Å². The van der Waals surface area contributed by atoms with Gasteiger partial charge in [-0.05, 0) is 48.2 Å². The zero-order valence-electron chi connectivity index (χ0n) is 17.6. The van der Waals surface area contributed by atoms with Crippen molar-refractivity contribution in [3.8, 4) is 5.75 Å².